The van der Waals surface area contributed by atoms with Crippen molar-refractivity contribution in [2.45, 2.75) is 180 Å². The van der Waals surface area contributed by atoms with Gasteiger partial charge in [0, 0.05) is 65.1 Å². The Balaban J connectivity index is 1.66. The average molecular weight is 1080 g/mol. The van der Waals surface area contributed by atoms with Crippen molar-refractivity contribution in [2.75, 3.05) is 61.0 Å². The molecule has 3 N–H and O–H groups in total. The Kier molecular flexibility index (Phi) is 26.4. The molecule has 1 amide bonds. The van der Waals surface area contributed by atoms with E-state index in [4.69, 9.17) is 42.6 Å². The number of carbonyl (C=O) groups is 5. The van der Waals surface area contributed by atoms with E-state index in [1.807, 2.05) is 58.1 Å². The number of ether oxygens (including phenoxy) is 6. The number of methoxy groups -OCH3 is 3. The lowest BCUT2D eigenvalue weighted by Gasteiger charge is -2.42. The molecule has 2 bridgehead atoms. The topological polar surface area (TPSA) is 240 Å². The summed E-state index contributed by atoms with van der Waals surface area (Å²) in [6.45, 7) is 14.1. The van der Waals surface area contributed by atoms with Gasteiger partial charge in [-0.3, -0.25) is 23.7 Å². The molecule has 0 aromatic carbocycles. The van der Waals surface area contributed by atoms with Crippen molar-refractivity contribution < 1.29 is 81.3 Å². The molecule has 4 rings (SSSR count). The zero-order chi connectivity index (χ0) is 55.6. The number of Topliss-reactive ketones (excluding diaryl/α,β-unsaturated/α-hetero) is 3. The standard InChI is InChI=1S/C56H90NO17P/c1-35-17-13-12-14-18-36(2)47(67-8)33-43-22-20-41(7)56(65,73-43)53(62)54(63)57-24-16-15-19-44(57)55(64)72-48(34-45(59)37(3)30-40(6)51(61)52(69-10)50(60)39(5)29-35)38(4)31-42-21-23-46(49(32-42)68-9)74-75(11,66)71-28-27-70-26-25-58/h12-14,17-18,30,35,38-44,46-49,51-52,58,61,65H,15-16,19-29,31-34H2,1-11H3/t35-,38-,39-,40?,41-,42?,43+,44?,46-,47+,48?,49-,51-,52+,56-,75?/m1/s1. The van der Waals surface area contributed by atoms with E-state index in [0.29, 0.717) is 64.2 Å². The molecule has 3 fully saturated rings. The summed E-state index contributed by atoms with van der Waals surface area (Å²) in [5, 5.41) is 32.5. The van der Waals surface area contributed by atoms with Crippen molar-refractivity contribution in [3.05, 3.63) is 47.6 Å². The maximum atomic E-state index is 14.6. The monoisotopic (exact) mass is 1080 g/mol. The van der Waals surface area contributed by atoms with E-state index in [0.717, 1.165) is 5.57 Å². The van der Waals surface area contributed by atoms with Gasteiger partial charge < -0.3 is 57.7 Å². The van der Waals surface area contributed by atoms with Crippen LogP contribution in [-0.2, 0) is 66.0 Å². The summed E-state index contributed by atoms with van der Waals surface area (Å²) < 4.78 is 59.8. The Labute approximate surface area is 445 Å². The van der Waals surface area contributed by atoms with Gasteiger partial charge in [-0.1, -0.05) is 71.1 Å². The number of rotatable bonds is 14. The summed E-state index contributed by atoms with van der Waals surface area (Å²) >= 11 is 0. The van der Waals surface area contributed by atoms with E-state index in [9.17, 15) is 38.8 Å². The average Bonchev–Trinajstić information content (AvgIpc) is 3.37. The second-order valence-electron chi connectivity index (χ2n) is 21.6. The number of cyclic esters (lactones) is 1. The van der Waals surface area contributed by atoms with Crippen molar-refractivity contribution >= 4 is 36.8 Å². The largest absolute Gasteiger partial charge is 0.460 e. The van der Waals surface area contributed by atoms with Crippen LogP contribution in [0.1, 0.15) is 126 Å². The van der Waals surface area contributed by atoms with Crippen molar-refractivity contribution in [1.82, 2.24) is 4.90 Å². The normalized spacial score (nSPS) is 35.3. The number of nitrogens with zero attached hydrogens (tertiary/aromatic N) is 1. The fourth-order valence-electron chi connectivity index (χ4n) is 10.9. The highest BCUT2D eigenvalue weighted by Crippen LogP contribution is 2.48. The van der Waals surface area contributed by atoms with E-state index in [1.165, 1.54) is 18.7 Å². The molecular formula is C56H90NO17P. The molecule has 3 aliphatic heterocycles. The summed E-state index contributed by atoms with van der Waals surface area (Å²) in [6, 6.07) is -1.19. The van der Waals surface area contributed by atoms with Crippen LogP contribution < -0.4 is 0 Å². The molecule has 1 saturated carbocycles. The lowest BCUT2D eigenvalue weighted by molar-refractivity contribution is -0.265. The first-order valence-corrected chi connectivity index (χ1v) is 29.1. The zero-order valence-corrected chi connectivity index (χ0v) is 47.4. The molecule has 75 heavy (non-hydrogen) atoms. The summed E-state index contributed by atoms with van der Waals surface area (Å²) in [6.07, 6.45) is 10.3. The Morgan fingerprint density at radius 1 is 0.867 bits per heavy atom. The van der Waals surface area contributed by atoms with Crippen LogP contribution in [0, 0.1) is 35.5 Å². The van der Waals surface area contributed by atoms with Gasteiger partial charge in [0.25, 0.3) is 11.7 Å². The predicted molar refractivity (Wildman–Crippen MR) is 281 cm³/mol. The number of ketones is 3. The molecule has 18 nitrogen and oxygen atoms in total. The van der Waals surface area contributed by atoms with Crippen LogP contribution >= 0.6 is 7.60 Å². The van der Waals surface area contributed by atoms with Gasteiger partial charge in [0.05, 0.1) is 56.9 Å². The van der Waals surface area contributed by atoms with Crippen LogP contribution in [0.5, 0.6) is 0 Å². The SMILES string of the molecule is CO[C@H]1C[C@@H]2CC[C@@H](C)[C@@](O)(O2)C(=O)C(=O)N2CCCCC2C(=O)OC([C@H](C)CC2CC[C@@H](OP(C)(=O)OCCOCCO)[C@H](OC)C2)CC(=O)C(C)=CC(C)[C@@H](O)[C@@H](OC)C(=O)[C@H](C)C[C@H](C)C=CC=CC=C1C. The highest BCUT2D eigenvalue weighted by Gasteiger charge is 2.53. The number of allylic oxidation sites excluding steroid dienone is 6. The Bertz CT molecular complexity index is 2060. The maximum Gasteiger partial charge on any atom is 0.329 e. The van der Waals surface area contributed by atoms with E-state index in [1.54, 1.807) is 41.1 Å². The first kappa shape index (κ1) is 64.3. The molecule has 3 heterocycles. The van der Waals surface area contributed by atoms with Gasteiger partial charge >= 0.3 is 13.6 Å². The summed E-state index contributed by atoms with van der Waals surface area (Å²) in [7, 11) is 0.982. The zero-order valence-electron chi connectivity index (χ0n) is 46.5. The van der Waals surface area contributed by atoms with E-state index in [2.05, 4.69) is 0 Å². The molecular weight excluding hydrogens is 990 g/mol. The van der Waals surface area contributed by atoms with Gasteiger partial charge in [0.15, 0.2) is 11.6 Å². The number of carbonyl (C=O) groups excluding carboxylic acids is 5. The van der Waals surface area contributed by atoms with Crippen molar-refractivity contribution in [3.63, 3.8) is 0 Å². The smallest absolute Gasteiger partial charge is 0.329 e. The third kappa shape index (κ3) is 18.7. The van der Waals surface area contributed by atoms with Gasteiger partial charge in [0.2, 0.25) is 5.79 Å². The van der Waals surface area contributed by atoms with Crippen molar-refractivity contribution in [1.29, 1.82) is 0 Å². The third-order valence-electron chi connectivity index (χ3n) is 15.6. The summed E-state index contributed by atoms with van der Waals surface area (Å²) in [5.41, 5.74) is 1.14. The number of amides is 1. The van der Waals surface area contributed by atoms with Gasteiger partial charge in [-0.15, -0.1) is 0 Å². The van der Waals surface area contributed by atoms with Gasteiger partial charge in [-0.2, -0.15) is 0 Å². The van der Waals surface area contributed by atoms with Crippen molar-refractivity contribution in [3.8, 4) is 0 Å². The van der Waals surface area contributed by atoms with Crippen LogP contribution in [-0.4, -0.2) is 165 Å². The number of piperidine rings is 1. The number of hydrogen-bond donors (Lipinski definition) is 3. The number of aliphatic hydroxyl groups is 3. The van der Waals surface area contributed by atoms with Crippen LogP contribution in [0.2, 0.25) is 0 Å². The molecule has 5 unspecified atom stereocenters. The van der Waals surface area contributed by atoms with Crippen LogP contribution in [0.25, 0.3) is 0 Å². The third-order valence-corrected chi connectivity index (χ3v) is 16.9. The van der Waals surface area contributed by atoms with Crippen LogP contribution in [0.15, 0.2) is 47.6 Å². The lowest BCUT2D eigenvalue weighted by Crippen LogP contribution is -2.61. The highest BCUT2D eigenvalue weighted by molar-refractivity contribution is 7.53. The molecule has 19 heteroatoms. The molecule has 0 aromatic heterocycles. The number of hydrogen-bond acceptors (Lipinski definition) is 17. The molecule has 16 atom stereocenters. The summed E-state index contributed by atoms with van der Waals surface area (Å²) in [5.74, 6) is -8.44. The minimum Gasteiger partial charge on any atom is -0.460 e. The second-order valence-corrected chi connectivity index (χ2v) is 23.6. The van der Waals surface area contributed by atoms with Crippen molar-refractivity contribution in [2.24, 2.45) is 35.5 Å². The van der Waals surface area contributed by atoms with E-state index in [-0.39, 0.29) is 74.8 Å². The molecule has 0 radical (unpaired) electrons. The second kappa shape index (κ2) is 30.8. The molecule has 1 aliphatic carbocycles. The molecule has 4 aliphatic rings. The first-order chi connectivity index (χ1) is 35.5. The Hall–Kier alpha value is -3.26. The number of fused-ring (bicyclic) bond motifs is 3. The first-order valence-electron chi connectivity index (χ1n) is 27.1. The number of esters is 1. The van der Waals surface area contributed by atoms with Gasteiger partial charge in [-0.05, 0) is 107 Å². The van der Waals surface area contributed by atoms with E-state index >= 15 is 0 Å². The molecule has 0 spiro atoms. The minimum absolute atomic E-state index is 0.000367. The minimum atomic E-state index is -3.51. The maximum absolute atomic E-state index is 14.6. The lowest BCUT2D eigenvalue weighted by atomic mass is 9.78. The van der Waals surface area contributed by atoms with Crippen LogP contribution in [0.3, 0.4) is 0 Å². The quantitative estimate of drug-likeness (QED) is 0.0683. The number of aliphatic hydroxyl groups excluding tert-OH is 2. The molecule has 2 saturated heterocycles. The highest BCUT2D eigenvalue weighted by atomic mass is 31.2. The Morgan fingerprint density at radius 2 is 1.60 bits per heavy atom. The predicted octanol–water partition coefficient (Wildman–Crippen LogP) is 7.05. The van der Waals surface area contributed by atoms with Gasteiger partial charge in [-0.25, -0.2) is 4.79 Å². The molecule has 426 valence electrons. The van der Waals surface area contributed by atoms with Gasteiger partial charge in [0.1, 0.15) is 18.2 Å². The fourth-order valence-corrected chi connectivity index (χ4v) is 12.1. The Morgan fingerprint density at radius 3 is 2.28 bits per heavy atom. The van der Waals surface area contributed by atoms with E-state index < -0.39 is 103 Å². The fraction of sp³-hybridized carbons (Fsp3) is 0.768. The summed E-state index contributed by atoms with van der Waals surface area (Å²) in [4.78, 5) is 72.6. The van der Waals surface area contributed by atoms with Crippen LogP contribution in [0.4, 0.5) is 0 Å². The molecule has 0 aromatic rings.